The zero-order chi connectivity index (χ0) is 12.0. The molecule has 1 aromatic carbocycles. The molecule has 0 aliphatic rings. The Labute approximate surface area is 101 Å². The molecule has 0 radical (unpaired) electrons. The second kappa shape index (κ2) is 6.74. The second-order valence-electron chi connectivity index (χ2n) is 3.75. The van der Waals surface area contributed by atoms with Crippen LogP contribution in [0.1, 0.15) is 19.8 Å². The van der Waals surface area contributed by atoms with E-state index in [1.165, 1.54) is 0 Å². The van der Waals surface area contributed by atoms with Crippen molar-refractivity contribution in [1.82, 2.24) is 0 Å². The fraction of sp³-hybridized carbons (Fsp3) is 0.500. The summed E-state index contributed by atoms with van der Waals surface area (Å²) in [6, 6.07) is 6.88. The van der Waals surface area contributed by atoms with Crippen molar-refractivity contribution in [3.63, 3.8) is 0 Å². The minimum atomic E-state index is -0.360. The van der Waals surface area contributed by atoms with Gasteiger partial charge in [0.05, 0.1) is 6.61 Å². The van der Waals surface area contributed by atoms with Crippen molar-refractivity contribution in [3.05, 3.63) is 29.3 Å². The molecule has 0 amide bonds. The maximum absolute atomic E-state index is 9.21. The van der Waals surface area contributed by atoms with E-state index in [2.05, 4.69) is 6.92 Å². The minimum absolute atomic E-state index is 0.0796. The van der Waals surface area contributed by atoms with Gasteiger partial charge in [-0.25, -0.2) is 0 Å². The van der Waals surface area contributed by atoms with Crippen molar-refractivity contribution < 1.29 is 9.84 Å². The van der Waals surface area contributed by atoms with Crippen molar-refractivity contribution in [2.45, 2.75) is 31.9 Å². The predicted molar refractivity (Wildman–Crippen MR) is 65.8 cm³/mol. The van der Waals surface area contributed by atoms with Gasteiger partial charge in [-0.15, -0.1) is 0 Å². The van der Waals surface area contributed by atoms with Crippen LogP contribution in [0.3, 0.4) is 0 Å². The molecule has 0 bridgehead atoms. The number of rotatable bonds is 6. The summed E-state index contributed by atoms with van der Waals surface area (Å²) in [7, 11) is 0. The number of aliphatic hydroxyl groups excluding tert-OH is 1. The molecule has 0 aromatic heterocycles. The molecule has 3 N–H and O–H groups in total. The molecule has 0 spiro atoms. The first-order valence-corrected chi connectivity index (χ1v) is 5.83. The van der Waals surface area contributed by atoms with E-state index in [-0.39, 0.29) is 18.8 Å². The molecule has 1 aromatic rings. The standard InChI is InChI=1S/C12H18ClNO2/c1-2-3-11(14)12(8-15)16-10-6-4-9(13)5-7-10/h4-7,11-12,15H,2-3,8,14H2,1H3. The number of benzene rings is 1. The number of hydrogen-bond acceptors (Lipinski definition) is 3. The highest BCUT2D eigenvalue weighted by Gasteiger charge is 2.17. The molecule has 0 saturated heterocycles. The lowest BCUT2D eigenvalue weighted by Gasteiger charge is -2.22. The summed E-state index contributed by atoms with van der Waals surface area (Å²) in [4.78, 5) is 0. The smallest absolute Gasteiger partial charge is 0.137 e. The lowest BCUT2D eigenvalue weighted by Crippen LogP contribution is -2.41. The molecule has 1 rings (SSSR count). The van der Waals surface area contributed by atoms with Gasteiger partial charge in [-0.2, -0.15) is 0 Å². The van der Waals surface area contributed by atoms with E-state index >= 15 is 0 Å². The molecular formula is C12H18ClNO2. The van der Waals surface area contributed by atoms with Crippen molar-refractivity contribution in [2.24, 2.45) is 5.73 Å². The first-order valence-electron chi connectivity index (χ1n) is 5.46. The van der Waals surface area contributed by atoms with Gasteiger partial charge >= 0.3 is 0 Å². The Morgan fingerprint density at radius 2 is 2.00 bits per heavy atom. The lowest BCUT2D eigenvalue weighted by molar-refractivity contribution is 0.0917. The molecule has 0 aliphatic heterocycles. The summed E-state index contributed by atoms with van der Waals surface area (Å²) in [6.07, 6.45) is 1.45. The van der Waals surface area contributed by atoms with Crippen LogP contribution in [-0.4, -0.2) is 23.9 Å². The molecule has 0 aliphatic carbocycles. The Bertz CT molecular complexity index is 302. The lowest BCUT2D eigenvalue weighted by atomic mass is 10.1. The molecule has 90 valence electrons. The van der Waals surface area contributed by atoms with Crippen LogP contribution in [0.25, 0.3) is 0 Å². The van der Waals surface area contributed by atoms with Gasteiger partial charge in [0.2, 0.25) is 0 Å². The van der Waals surface area contributed by atoms with Crippen LogP contribution in [0.4, 0.5) is 0 Å². The van der Waals surface area contributed by atoms with Gasteiger partial charge in [0, 0.05) is 11.1 Å². The van der Waals surface area contributed by atoms with Gasteiger partial charge in [0.1, 0.15) is 11.9 Å². The van der Waals surface area contributed by atoms with Crippen molar-refractivity contribution in [3.8, 4) is 5.75 Å². The Hall–Kier alpha value is -0.770. The number of hydrogen-bond donors (Lipinski definition) is 2. The van der Waals surface area contributed by atoms with E-state index in [1.54, 1.807) is 24.3 Å². The van der Waals surface area contributed by atoms with Crippen LogP contribution >= 0.6 is 11.6 Å². The molecule has 0 saturated carbocycles. The summed E-state index contributed by atoms with van der Waals surface area (Å²) < 4.78 is 5.60. The molecular weight excluding hydrogens is 226 g/mol. The third kappa shape index (κ3) is 4.00. The molecule has 16 heavy (non-hydrogen) atoms. The Morgan fingerprint density at radius 3 is 2.50 bits per heavy atom. The van der Waals surface area contributed by atoms with E-state index in [4.69, 9.17) is 22.1 Å². The topological polar surface area (TPSA) is 55.5 Å². The van der Waals surface area contributed by atoms with Gasteiger partial charge in [-0.1, -0.05) is 24.9 Å². The second-order valence-corrected chi connectivity index (χ2v) is 4.18. The average Bonchev–Trinajstić information content (AvgIpc) is 2.28. The molecule has 3 nitrogen and oxygen atoms in total. The number of halogens is 1. The van der Waals surface area contributed by atoms with E-state index in [0.29, 0.717) is 10.8 Å². The maximum atomic E-state index is 9.21. The summed E-state index contributed by atoms with van der Waals surface area (Å²) in [5.41, 5.74) is 5.91. The predicted octanol–water partition coefficient (Wildman–Crippen LogP) is 2.21. The van der Waals surface area contributed by atoms with Gasteiger partial charge in [0.15, 0.2) is 0 Å². The zero-order valence-corrected chi connectivity index (χ0v) is 10.2. The molecule has 2 atom stereocenters. The molecule has 0 heterocycles. The highest BCUT2D eigenvalue weighted by molar-refractivity contribution is 6.30. The first kappa shape index (κ1) is 13.3. The fourth-order valence-corrected chi connectivity index (χ4v) is 1.59. The Kier molecular flexibility index (Phi) is 5.60. The minimum Gasteiger partial charge on any atom is -0.486 e. The largest absolute Gasteiger partial charge is 0.486 e. The highest BCUT2D eigenvalue weighted by Crippen LogP contribution is 2.18. The van der Waals surface area contributed by atoms with Crippen molar-refractivity contribution in [2.75, 3.05) is 6.61 Å². The summed E-state index contributed by atoms with van der Waals surface area (Å²) in [5, 5.41) is 9.87. The van der Waals surface area contributed by atoms with Crippen LogP contribution in [0.15, 0.2) is 24.3 Å². The number of ether oxygens (including phenoxy) is 1. The van der Waals surface area contributed by atoms with Gasteiger partial charge in [0.25, 0.3) is 0 Å². The van der Waals surface area contributed by atoms with Crippen LogP contribution in [0.5, 0.6) is 5.75 Å². The summed E-state index contributed by atoms with van der Waals surface area (Å²) >= 11 is 5.76. The van der Waals surface area contributed by atoms with Crippen molar-refractivity contribution >= 4 is 11.6 Å². The van der Waals surface area contributed by atoms with E-state index in [9.17, 15) is 5.11 Å². The van der Waals surface area contributed by atoms with E-state index in [1.807, 2.05) is 0 Å². The van der Waals surface area contributed by atoms with Crippen molar-refractivity contribution in [1.29, 1.82) is 0 Å². The summed E-state index contributed by atoms with van der Waals surface area (Å²) in [6.45, 7) is 1.97. The Balaban J connectivity index is 2.59. The van der Waals surface area contributed by atoms with Crippen LogP contribution in [0, 0.1) is 0 Å². The molecule has 2 unspecified atom stereocenters. The Morgan fingerprint density at radius 1 is 1.38 bits per heavy atom. The SMILES string of the molecule is CCCC(N)C(CO)Oc1ccc(Cl)cc1. The summed E-state index contributed by atoms with van der Waals surface area (Å²) in [5.74, 6) is 0.676. The normalized spacial score (nSPS) is 14.5. The third-order valence-electron chi connectivity index (χ3n) is 2.38. The van der Waals surface area contributed by atoms with E-state index < -0.39 is 0 Å². The highest BCUT2D eigenvalue weighted by atomic mass is 35.5. The molecule has 0 fully saturated rings. The van der Waals surface area contributed by atoms with Gasteiger partial charge in [-0.05, 0) is 30.7 Å². The number of aliphatic hydroxyl groups is 1. The maximum Gasteiger partial charge on any atom is 0.137 e. The van der Waals surface area contributed by atoms with Gasteiger partial charge in [-0.3, -0.25) is 0 Å². The average molecular weight is 244 g/mol. The fourth-order valence-electron chi connectivity index (χ4n) is 1.47. The molecule has 4 heteroatoms. The third-order valence-corrected chi connectivity index (χ3v) is 2.63. The quantitative estimate of drug-likeness (QED) is 0.806. The number of nitrogens with two attached hydrogens (primary N) is 1. The zero-order valence-electron chi connectivity index (χ0n) is 9.40. The van der Waals surface area contributed by atoms with E-state index in [0.717, 1.165) is 12.8 Å². The van der Waals surface area contributed by atoms with Gasteiger partial charge < -0.3 is 15.6 Å². The van der Waals surface area contributed by atoms with Crippen LogP contribution < -0.4 is 10.5 Å². The van der Waals surface area contributed by atoms with Crippen LogP contribution in [0.2, 0.25) is 5.02 Å². The monoisotopic (exact) mass is 243 g/mol. The first-order chi connectivity index (χ1) is 7.67. The van der Waals surface area contributed by atoms with Crippen LogP contribution in [-0.2, 0) is 0 Å².